The van der Waals surface area contributed by atoms with Crippen molar-refractivity contribution >= 4 is 33.1 Å². The fourth-order valence-corrected chi connectivity index (χ4v) is 7.07. The first-order valence-corrected chi connectivity index (χ1v) is 17.4. The smallest absolute Gasteiger partial charge is 0.333 e. The van der Waals surface area contributed by atoms with E-state index >= 15 is 0 Å². The van der Waals surface area contributed by atoms with Gasteiger partial charge in [0.15, 0.2) is 11.6 Å². The first-order valence-electron chi connectivity index (χ1n) is 16.6. The number of nitrogens with zero attached hydrogens (tertiary/aromatic N) is 5. The van der Waals surface area contributed by atoms with Crippen LogP contribution < -0.4 is 16.0 Å². The van der Waals surface area contributed by atoms with Crippen LogP contribution in [0.25, 0.3) is 15.2 Å². The lowest BCUT2D eigenvalue weighted by Gasteiger charge is -2.28. The summed E-state index contributed by atoms with van der Waals surface area (Å²) < 4.78 is 34.6. The molecule has 0 aliphatic rings. The zero-order valence-corrected chi connectivity index (χ0v) is 30.4. The summed E-state index contributed by atoms with van der Waals surface area (Å²) in [6.07, 6.45) is 2.10. The van der Waals surface area contributed by atoms with Gasteiger partial charge in [-0.3, -0.25) is 19.0 Å². The molecule has 0 spiro atoms. The number of aryl methyl sites for hydroxylation is 1. The summed E-state index contributed by atoms with van der Waals surface area (Å²) in [7, 11) is 1.43. The topological polar surface area (TPSA) is 137 Å². The third kappa shape index (κ3) is 8.24. The summed E-state index contributed by atoms with van der Waals surface area (Å²) in [5.41, 5.74) is -1.13. The molecule has 5 aromatic rings. The molecule has 3 aromatic heterocycles. The highest BCUT2D eigenvalue weighted by molar-refractivity contribution is 7.21. The Kier molecular flexibility index (Phi) is 11.8. The van der Waals surface area contributed by atoms with Crippen LogP contribution in [-0.2, 0) is 37.8 Å². The van der Waals surface area contributed by atoms with Crippen LogP contribution in [0.5, 0.6) is 5.75 Å². The molecule has 2 aromatic carbocycles. The van der Waals surface area contributed by atoms with E-state index in [1.807, 2.05) is 44.2 Å². The third-order valence-corrected chi connectivity index (χ3v) is 9.87. The van der Waals surface area contributed by atoms with E-state index in [0.29, 0.717) is 26.7 Å². The maximum atomic E-state index is 14.8. The van der Waals surface area contributed by atoms with Gasteiger partial charge in [-0.05, 0) is 50.5 Å². The number of ketones is 2. The minimum atomic E-state index is -1.51. The number of carbonyl (C=O) groups excluding carboxylic acids is 2. The molecule has 0 bridgehead atoms. The van der Waals surface area contributed by atoms with Crippen LogP contribution in [-0.4, -0.2) is 56.0 Å². The zero-order chi connectivity index (χ0) is 36.9. The molecule has 0 saturated carbocycles. The monoisotopic (exact) mass is 719 g/mol. The molecule has 0 aliphatic heterocycles. The van der Waals surface area contributed by atoms with E-state index in [1.54, 1.807) is 20.8 Å². The predicted molar refractivity (Wildman–Crippen MR) is 191 cm³/mol. The number of aromatic nitrogens is 5. The van der Waals surface area contributed by atoms with Gasteiger partial charge in [0.1, 0.15) is 39.6 Å². The first-order chi connectivity index (χ1) is 24.3. The van der Waals surface area contributed by atoms with Gasteiger partial charge in [0.05, 0.1) is 44.6 Å². The van der Waals surface area contributed by atoms with Crippen molar-refractivity contribution in [1.29, 1.82) is 0 Å². The number of carbonyl (C=O) groups is 2. The summed E-state index contributed by atoms with van der Waals surface area (Å²) in [6.45, 7) is 8.47. The van der Waals surface area contributed by atoms with E-state index in [0.717, 1.165) is 21.5 Å². The van der Waals surface area contributed by atoms with Gasteiger partial charge in [-0.2, -0.15) is 10.2 Å². The van der Waals surface area contributed by atoms with E-state index in [-0.39, 0.29) is 62.1 Å². The molecule has 14 heteroatoms. The normalized spacial score (nSPS) is 12.5. The van der Waals surface area contributed by atoms with Gasteiger partial charge in [-0.15, -0.1) is 4.80 Å². The van der Waals surface area contributed by atoms with Crippen molar-refractivity contribution in [2.75, 3.05) is 20.3 Å². The second kappa shape index (κ2) is 16.0. The van der Waals surface area contributed by atoms with Crippen LogP contribution in [0.4, 0.5) is 4.39 Å². The molecule has 12 nitrogen and oxygen atoms in total. The van der Waals surface area contributed by atoms with Crippen molar-refractivity contribution in [1.82, 2.24) is 24.1 Å². The maximum Gasteiger partial charge on any atom is 0.333 e. The summed E-state index contributed by atoms with van der Waals surface area (Å²) in [5.74, 6) is -0.764. The van der Waals surface area contributed by atoms with Gasteiger partial charge in [0.2, 0.25) is 0 Å². The summed E-state index contributed by atoms with van der Waals surface area (Å²) >= 11 is 1.13. The van der Waals surface area contributed by atoms with Gasteiger partial charge >= 0.3 is 5.69 Å². The van der Waals surface area contributed by atoms with E-state index in [4.69, 9.17) is 14.2 Å². The number of Topliss-reactive ketones (excluding diaryl/α,β-unsaturated/α-hetero) is 2. The van der Waals surface area contributed by atoms with E-state index in [2.05, 4.69) is 10.2 Å². The van der Waals surface area contributed by atoms with Gasteiger partial charge in [-0.25, -0.2) is 13.8 Å². The average molecular weight is 720 g/mol. The Balaban J connectivity index is 1.57. The fraction of sp³-hybridized carbons (Fsp3) is 0.405. The van der Waals surface area contributed by atoms with Crippen molar-refractivity contribution in [2.45, 2.75) is 72.3 Å². The number of ether oxygens (including phenoxy) is 3. The summed E-state index contributed by atoms with van der Waals surface area (Å²) in [5, 5.41) is 9.19. The molecular weight excluding hydrogens is 678 g/mol. The Labute approximate surface area is 298 Å². The fourth-order valence-electron chi connectivity index (χ4n) is 5.85. The average Bonchev–Trinajstić information content (AvgIpc) is 3.74. The van der Waals surface area contributed by atoms with Crippen LogP contribution in [0.2, 0.25) is 0 Å². The van der Waals surface area contributed by atoms with Crippen molar-refractivity contribution in [3.63, 3.8) is 0 Å². The van der Waals surface area contributed by atoms with Crippen molar-refractivity contribution in [2.24, 2.45) is 5.92 Å². The van der Waals surface area contributed by atoms with E-state index in [9.17, 15) is 23.6 Å². The standard InChI is InChI=1S/C37H42FN5O7S/c1-23(2)18-31(45)37(4,5)42-33(46)32-24(3)34(43-39-15-16-40-43)51-35(32)41(36(42)47)20-30(28-19-26(38)12-13-29(28)48-6)50-17-14-27(44)22-49-21-25-10-8-7-9-11-25/h7-13,15-16,19,23,30H,14,17-18,20-22H2,1-6H3/t30-/m0/s1. The van der Waals surface area contributed by atoms with Crippen LogP contribution in [0.1, 0.15) is 63.3 Å². The molecule has 1 atom stereocenters. The van der Waals surface area contributed by atoms with E-state index < -0.39 is 28.7 Å². The number of methoxy groups -OCH3 is 1. The Morgan fingerprint density at radius 1 is 1.04 bits per heavy atom. The Hall–Kier alpha value is -4.79. The van der Waals surface area contributed by atoms with Crippen molar-refractivity contribution in [3.8, 4) is 10.8 Å². The number of benzene rings is 2. The highest BCUT2D eigenvalue weighted by atomic mass is 32.1. The number of halogens is 1. The molecule has 0 radical (unpaired) electrons. The number of hydrogen-bond acceptors (Lipinski definition) is 10. The number of rotatable bonds is 17. The summed E-state index contributed by atoms with van der Waals surface area (Å²) in [6, 6.07) is 13.4. The lowest BCUT2D eigenvalue weighted by molar-refractivity contribution is -0.127. The number of fused-ring (bicyclic) bond motifs is 1. The molecule has 0 unspecified atom stereocenters. The molecule has 3 heterocycles. The molecule has 0 aliphatic carbocycles. The second-order valence-corrected chi connectivity index (χ2v) is 14.1. The first kappa shape index (κ1) is 37.5. The van der Waals surface area contributed by atoms with Gasteiger partial charge in [0.25, 0.3) is 5.56 Å². The highest BCUT2D eigenvalue weighted by Gasteiger charge is 2.36. The minimum absolute atomic E-state index is 0.0107. The quantitative estimate of drug-likeness (QED) is 0.121. The zero-order valence-electron chi connectivity index (χ0n) is 29.6. The van der Waals surface area contributed by atoms with Crippen LogP contribution >= 0.6 is 11.3 Å². The van der Waals surface area contributed by atoms with E-state index in [1.165, 1.54) is 47.1 Å². The van der Waals surface area contributed by atoms with Crippen LogP contribution in [0, 0.1) is 18.7 Å². The van der Waals surface area contributed by atoms with Gasteiger partial charge < -0.3 is 14.2 Å². The lowest BCUT2D eigenvalue weighted by atomic mass is 9.91. The molecular formula is C37H42FN5O7S. The molecule has 0 amide bonds. The van der Waals surface area contributed by atoms with Crippen LogP contribution in [0.15, 0.2) is 70.5 Å². The van der Waals surface area contributed by atoms with Gasteiger partial charge in [0, 0.05) is 24.0 Å². The lowest BCUT2D eigenvalue weighted by Crippen LogP contribution is -2.53. The van der Waals surface area contributed by atoms with Crippen molar-refractivity contribution in [3.05, 3.63) is 104 Å². The Morgan fingerprint density at radius 3 is 2.41 bits per heavy atom. The summed E-state index contributed by atoms with van der Waals surface area (Å²) in [4.78, 5) is 56.8. The van der Waals surface area contributed by atoms with Crippen LogP contribution in [0.3, 0.4) is 0 Å². The Morgan fingerprint density at radius 2 is 1.75 bits per heavy atom. The molecule has 270 valence electrons. The predicted octanol–water partition coefficient (Wildman–Crippen LogP) is 5.55. The third-order valence-electron chi connectivity index (χ3n) is 8.58. The molecule has 51 heavy (non-hydrogen) atoms. The second-order valence-electron chi connectivity index (χ2n) is 13.2. The molecule has 0 N–H and O–H groups in total. The highest BCUT2D eigenvalue weighted by Crippen LogP contribution is 2.34. The maximum absolute atomic E-state index is 14.8. The SMILES string of the molecule is COc1ccc(F)cc1[C@H](Cn1c(=O)n(C(C)(C)C(=O)CC(C)C)c(=O)c2c(C)c(-n3nccn3)sc21)OCCC(=O)COCc1ccccc1. The number of thiophene rings is 1. The largest absolute Gasteiger partial charge is 0.496 e. The van der Waals surface area contributed by atoms with Gasteiger partial charge in [-0.1, -0.05) is 55.5 Å². The molecule has 0 saturated heterocycles. The minimum Gasteiger partial charge on any atom is -0.496 e. The molecule has 5 rings (SSSR count). The van der Waals surface area contributed by atoms with Crippen molar-refractivity contribution < 1.29 is 28.2 Å². The number of hydrogen-bond donors (Lipinski definition) is 0. The Bertz CT molecular complexity index is 2120. The molecule has 0 fully saturated rings.